The van der Waals surface area contributed by atoms with Crippen LogP contribution in [0.25, 0.3) is 5.41 Å². The fourth-order valence-corrected chi connectivity index (χ4v) is 1.58. The molecule has 7 heteroatoms. The van der Waals surface area contributed by atoms with Gasteiger partial charge in [-0.05, 0) is 17.7 Å². The second-order valence-corrected chi connectivity index (χ2v) is 5.02. The number of thiocarbonyl (C=S) groups is 1. The summed E-state index contributed by atoms with van der Waals surface area (Å²) in [5.74, 6) is 0.00349. The van der Waals surface area contributed by atoms with Crippen LogP contribution in [0.15, 0.2) is 27.7 Å². The van der Waals surface area contributed by atoms with E-state index in [1.165, 1.54) is 11.2 Å². The predicted molar refractivity (Wildman–Crippen MR) is 85.1 cm³/mol. The summed E-state index contributed by atoms with van der Waals surface area (Å²) in [5, 5.41) is 23.1. The Balaban J connectivity index is 0. The molecule has 0 aromatic heterocycles. The van der Waals surface area contributed by atoms with Crippen molar-refractivity contribution in [3.63, 3.8) is 0 Å². The van der Waals surface area contributed by atoms with Crippen LogP contribution in [0.3, 0.4) is 0 Å². The molecule has 0 aliphatic rings. The van der Waals surface area contributed by atoms with Crippen molar-refractivity contribution in [2.24, 2.45) is 4.99 Å². The largest absolute Gasteiger partial charge is 2.00 e. The van der Waals surface area contributed by atoms with Gasteiger partial charge in [0.25, 0.3) is 0 Å². The van der Waals surface area contributed by atoms with Crippen LogP contribution in [0.1, 0.15) is 19.4 Å². The Labute approximate surface area is 144 Å². The van der Waals surface area contributed by atoms with E-state index in [1.807, 2.05) is 0 Å². The molecule has 0 saturated carbocycles. The third-order valence-corrected chi connectivity index (χ3v) is 2.49. The molecule has 0 fully saturated rings. The number of benzene rings is 1. The average molecular weight is 406 g/mol. The van der Waals surface area contributed by atoms with Crippen LogP contribution < -0.4 is 10.4 Å². The first kappa shape index (κ1) is 21.7. The van der Waals surface area contributed by atoms with Crippen molar-refractivity contribution in [3.05, 3.63) is 33.6 Å². The monoisotopic (exact) mass is 404 g/mol. The van der Waals surface area contributed by atoms with Crippen molar-refractivity contribution in [1.29, 1.82) is 0 Å². The summed E-state index contributed by atoms with van der Waals surface area (Å²) in [5.41, 5.74) is 0.624. The molecule has 0 amide bonds. The Morgan fingerprint density at radius 3 is 2.70 bits per heavy atom. The number of halogens is 1. The van der Waals surface area contributed by atoms with E-state index in [-0.39, 0.29) is 22.8 Å². The van der Waals surface area contributed by atoms with Crippen LogP contribution in [0.5, 0.6) is 5.75 Å². The Kier molecular flexibility index (Phi) is 14.6. The van der Waals surface area contributed by atoms with Crippen molar-refractivity contribution >= 4 is 39.5 Å². The molecule has 0 heterocycles. The van der Waals surface area contributed by atoms with Gasteiger partial charge in [0.15, 0.2) is 0 Å². The van der Waals surface area contributed by atoms with E-state index >= 15 is 0 Å². The van der Waals surface area contributed by atoms with E-state index < -0.39 is 0 Å². The molecule has 0 saturated heterocycles. The first-order chi connectivity index (χ1) is 9.01. The maximum absolute atomic E-state index is 11.4. The molecule has 0 aliphatic heterocycles. The topological polar surface area (TPSA) is 69.8 Å². The number of aliphatic imine (C=N–C) groups is 1. The maximum atomic E-state index is 11.4. The molecule has 1 radical (unpaired) electrons. The number of hydrogen-bond donors (Lipinski definition) is 1. The maximum Gasteiger partial charge on any atom is 2.00 e. The van der Waals surface area contributed by atoms with Crippen molar-refractivity contribution < 1.29 is 22.2 Å². The number of nitrogens with one attached hydrogen (secondary N) is 1. The third-order valence-electron chi connectivity index (χ3n) is 2.00. The Hall–Kier alpha value is -0.551. The smallest absolute Gasteiger partial charge is 0.872 e. The van der Waals surface area contributed by atoms with Crippen molar-refractivity contribution in [1.82, 2.24) is 5.32 Å². The molecule has 4 nitrogen and oxygen atoms in total. The van der Waals surface area contributed by atoms with Crippen LogP contribution in [0, 0.1) is 0 Å². The summed E-state index contributed by atoms with van der Waals surface area (Å²) in [7, 11) is 0. The summed E-state index contributed by atoms with van der Waals surface area (Å²) < 4.78 is 0.897. The van der Waals surface area contributed by atoms with Gasteiger partial charge >= 0.3 is 17.1 Å². The molecule has 1 N–H and O–H groups in total. The van der Waals surface area contributed by atoms with E-state index in [0.717, 1.165) is 11.0 Å². The Morgan fingerprint density at radius 2 is 2.15 bits per heavy atom. The third kappa shape index (κ3) is 11.3. The van der Waals surface area contributed by atoms with Crippen LogP contribution in [0.4, 0.5) is 0 Å². The zero-order valence-electron chi connectivity index (χ0n) is 11.2. The van der Waals surface area contributed by atoms with Gasteiger partial charge in [0.1, 0.15) is 0 Å². The standard InChI is InChI=1S/C12H17BrN2O.CNS.Cu/c1-9(2)15-6-5-14-8-10-7-11(13)3-4-12(10)16;2-1-3;/h3-4,7-9,15-16H,5-6H2,1-2H3;;/q;-1;+2/p-1. The molecule has 0 aliphatic carbocycles. The van der Waals surface area contributed by atoms with Crippen LogP contribution >= 0.6 is 28.1 Å². The van der Waals surface area contributed by atoms with E-state index in [2.05, 4.69) is 52.3 Å². The minimum atomic E-state index is 0. The quantitative estimate of drug-likeness (QED) is 0.354. The molecule has 20 heavy (non-hydrogen) atoms. The molecular formula is C13H16BrCuN3OS. The van der Waals surface area contributed by atoms with Gasteiger partial charge in [0.05, 0.1) is 6.54 Å². The van der Waals surface area contributed by atoms with Crippen molar-refractivity contribution in [2.75, 3.05) is 13.1 Å². The molecule has 1 aromatic carbocycles. The summed E-state index contributed by atoms with van der Waals surface area (Å²) in [6, 6.07) is 5.52. The van der Waals surface area contributed by atoms with Gasteiger partial charge in [-0.3, -0.25) is 4.99 Å². The minimum Gasteiger partial charge on any atom is -0.872 e. The normalized spacial score (nSPS) is 9.60. The van der Waals surface area contributed by atoms with Gasteiger partial charge in [-0.1, -0.05) is 53.8 Å². The van der Waals surface area contributed by atoms with Crippen LogP contribution in [-0.2, 0) is 17.1 Å². The molecule has 0 bridgehead atoms. The molecule has 1 rings (SSSR count). The second-order valence-electron chi connectivity index (χ2n) is 3.92. The first-order valence-corrected chi connectivity index (χ1v) is 6.92. The van der Waals surface area contributed by atoms with Gasteiger partial charge in [0, 0.05) is 23.3 Å². The second kappa shape index (κ2) is 13.4. The number of nitrogens with zero attached hydrogens (tertiary/aromatic N) is 2. The summed E-state index contributed by atoms with van der Waals surface area (Å²) >= 11 is 7.02. The Bertz CT molecular complexity index is 449. The van der Waals surface area contributed by atoms with Gasteiger partial charge in [-0.2, -0.15) is 5.16 Å². The summed E-state index contributed by atoms with van der Waals surface area (Å²) in [6.07, 6.45) is 1.63. The molecule has 1 aromatic rings. The number of hydrogen-bond acceptors (Lipinski definition) is 4. The SMILES string of the molecule is CC(C)NCCN=Cc1cc(Br)ccc1[O-].[Cu+2].[N-]=C=S. The first-order valence-electron chi connectivity index (χ1n) is 5.72. The fourth-order valence-electron chi connectivity index (χ4n) is 1.20. The van der Waals surface area contributed by atoms with Gasteiger partial charge < -0.3 is 15.8 Å². The van der Waals surface area contributed by atoms with Crippen LogP contribution in [-0.4, -0.2) is 30.5 Å². The molecular weight excluding hydrogens is 390 g/mol. The number of isothiocyanates is 1. The average Bonchev–Trinajstić information content (AvgIpc) is 2.33. The van der Waals surface area contributed by atoms with E-state index in [4.69, 9.17) is 5.41 Å². The summed E-state index contributed by atoms with van der Waals surface area (Å²) in [6.45, 7) is 5.70. The van der Waals surface area contributed by atoms with Gasteiger partial charge in [0.2, 0.25) is 0 Å². The zero-order valence-corrected chi connectivity index (χ0v) is 14.5. The molecule has 0 atom stereocenters. The summed E-state index contributed by atoms with van der Waals surface area (Å²) in [4.78, 5) is 4.21. The van der Waals surface area contributed by atoms with Gasteiger partial charge in [-0.25, -0.2) is 0 Å². The molecule has 0 unspecified atom stereocenters. The van der Waals surface area contributed by atoms with Crippen molar-refractivity contribution in [2.45, 2.75) is 19.9 Å². The van der Waals surface area contributed by atoms with Crippen LogP contribution in [0.2, 0.25) is 0 Å². The zero-order chi connectivity index (χ0) is 14.7. The number of rotatable bonds is 5. The van der Waals surface area contributed by atoms with E-state index in [1.54, 1.807) is 18.3 Å². The predicted octanol–water partition coefficient (Wildman–Crippen LogP) is 2.60. The fraction of sp³-hybridized carbons (Fsp3) is 0.385. The minimum absolute atomic E-state index is 0. The Morgan fingerprint density at radius 1 is 1.55 bits per heavy atom. The van der Waals surface area contributed by atoms with Crippen molar-refractivity contribution in [3.8, 4) is 5.75 Å². The van der Waals surface area contributed by atoms with E-state index in [0.29, 0.717) is 18.2 Å². The van der Waals surface area contributed by atoms with E-state index in [9.17, 15) is 5.11 Å². The van der Waals surface area contributed by atoms with Gasteiger partial charge in [-0.15, -0.1) is 0 Å². The molecule has 0 spiro atoms. The molecule has 113 valence electrons.